The monoisotopic (exact) mass is 331 g/mol. The molecule has 2 N–H and O–H groups in total. The van der Waals surface area contributed by atoms with Crippen LogP contribution in [0.2, 0.25) is 0 Å². The van der Waals surface area contributed by atoms with Crippen LogP contribution < -0.4 is 5.73 Å². The second kappa shape index (κ2) is 5.44. The summed E-state index contributed by atoms with van der Waals surface area (Å²) < 4.78 is 45.2. The number of benzene rings is 1. The normalized spacial score (nSPS) is 29.9. The number of anilines is 1. The maximum atomic E-state index is 14.0. The number of thioether (sulfide) groups is 1. The molecule has 0 saturated carbocycles. The highest BCUT2D eigenvalue weighted by Crippen LogP contribution is 2.41. The highest BCUT2D eigenvalue weighted by Gasteiger charge is 2.45. The Hall–Kier alpha value is -0.790. The SMILES string of the molecule is Nc1ccc(S(=O)(=O)C2CCOC3(CCSC3)C2)c(F)c1. The van der Waals surface area contributed by atoms with Crippen molar-refractivity contribution in [2.24, 2.45) is 0 Å². The van der Waals surface area contributed by atoms with Crippen LogP contribution in [0.4, 0.5) is 10.1 Å². The van der Waals surface area contributed by atoms with E-state index < -0.39 is 20.9 Å². The van der Waals surface area contributed by atoms with E-state index in [4.69, 9.17) is 10.5 Å². The molecule has 21 heavy (non-hydrogen) atoms. The van der Waals surface area contributed by atoms with Gasteiger partial charge in [-0.1, -0.05) is 0 Å². The maximum absolute atomic E-state index is 14.0. The van der Waals surface area contributed by atoms with Gasteiger partial charge in [0.25, 0.3) is 0 Å². The quantitative estimate of drug-likeness (QED) is 0.842. The zero-order chi connectivity index (χ0) is 15.1. The van der Waals surface area contributed by atoms with Gasteiger partial charge in [-0.15, -0.1) is 0 Å². The van der Waals surface area contributed by atoms with E-state index in [1.54, 1.807) is 11.8 Å². The third kappa shape index (κ3) is 2.78. The van der Waals surface area contributed by atoms with Crippen molar-refractivity contribution in [2.75, 3.05) is 23.8 Å². The maximum Gasteiger partial charge on any atom is 0.184 e. The first-order valence-electron chi connectivity index (χ1n) is 6.94. The summed E-state index contributed by atoms with van der Waals surface area (Å²) in [7, 11) is -3.69. The van der Waals surface area contributed by atoms with Crippen molar-refractivity contribution in [3.63, 3.8) is 0 Å². The molecule has 1 spiro atoms. The Bertz CT molecular complexity index is 642. The number of hydrogen-bond acceptors (Lipinski definition) is 5. The van der Waals surface area contributed by atoms with Crippen molar-refractivity contribution in [1.82, 2.24) is 0 Å². The van der Waals surface area contributed by atoms with Crippen molar-refractivity contribution in [1.29, 1.82) is 0 Å². The molecular formula is C14H18FNO3S2. The van der Waals surface area contributed by atoms with E-state index in [-0.39, 0.29) is 16.2 Å². The standard InChI is InChI=1S/C14H18FNO3S2/c15-12-7-10(16)1-2-13(12)21(17,18)11-3-5-19-14(8-11)4-6-20-9-14/h1-2,7,11H,3-6,8-9,16H2. The highest BCUT2D eigenvalue weighted by atomic mass is 32.2. The number of sulfone groups is 1. The second-order valence-electron chi connectivity index (χ2n) is 5.68. The summed E-state index contributed by atoms with van der Waals surface area (Å²) in [5, 5.41) is -0.580. The number of nitrogen functional groups attached to an aromatic ring is 1. The fraction of sp³-hybridized carbons (Fsp3) is 0.571. The summed E-state index contributed by atoms with van der Waals surface area (Å²) in [6.45, 7) is 0.418. The molecule has 0 bridgehead atoms. The lowest BCUT2D eigenvalue weighted by Crippen LogP contribution is -2.44. The van der Waals surface area contributed by atoms with Gasteiger partial charge in [-0.25, -0.2) is 12.8 Å². The fourth-order valence-corrected chi connectivity index (χ4v) is 6.29. The molecule has 0 aliphatic carbocycles. The molecule has 4 nitrogen and oxygen atoms in total. The first kappa shape index (κ1) is 15.1. The van der Waals surface area contributed by atoms with E-state index >= 15 is 0 Å². The van der Waals surface area contributed by atoms with Crippen molar-refractivity contribution < 1.29 is 17.5 Å². The Morgan fingerprint density at radius 3 is 2.90 bits per heavy atom. The minimum absolute atomic E-state index is 0.224. The van der Waals surface area contributed by atoms with Gasteiger partial charge in [0.1, 0.15) is 10.7 Å². The Labute approximate surface area is 128 Å². The smallest absolute Gasteiger partial charge is 0.184 e. The van der Waals surface area contributed by atoms with E-state index in [1.165, 1.54) is 12.1 Å². The Kier molecular flexibility index (Phi) is 3.92. The zero-order valence-electron chi connectivity index (χ0n) is 11.5. The average Bonchev–Trinajstić information content (AvgIpc) is 2.86. The van der Waals surface area contributed by atoms with Gasteiger partial charge >= 0.3 is 0 Å². The molecule has 3 rings (SSSR count). The Balaban J connectivity index is 1.90. The molecule has 2 unspecified atom stereocenters. The van der Waals surface area contributed by atoms with Crippen LogP contribution in [0.1, 0.15) is 19.3 Å². The van der Waals surface area contributed by atoms with Gasteiger partial charge in [0.05, 0.1) is 10.9 Å². The van der Waals surface area contributed by atoms with Gasteiger partial charge in [0.2, 0.25) is 0 Å². The zero-order valence-corrected chi connectivity index (χ0v) is 13.2. The summed E-state index contributed by atoms with van der Waals surface area (Å²) >= 11 is 1.78. The molecular weight excluding hydrogens is 313 g/mol. The molecule has 0 amide bonds. The Morgan fingerprint density at radius 1 is 1.43 bits per heavy atom. The first-order valence-corrected chi connectivity index (χ1v) is 9.64. The van der Waals surface area contributed by atoms with Gasteiger partial charge in [-0.3, -0.25) is 0 Å². The summed E-state index contributed by atoms with van der Waals surface area (Å²) in [5.41, 5.74) is 5.37. The van der Waals surface area contributed by atoms with E-state index in [1.807, 2.05) is 0 Å². The van der Waals surface area contributed by atoms with Crippen LogP contribution >= 0.6 is 11.8 Å². The van der Waals surface area contributed by atoms with Crippen molar-refractivity contribution >= 4 is 27.3 Å². The van der Waals surface area contributed by atoms with Crippen LogP contribution in [0, 0.1) is 5.82 Å². The number of hydrogen-bond donors (Lipinski definition) is 1. The third-order valence-corrected chi connectivity index (χ3v) is 7.66. The van der Waals surface area contributed by atoms with Crippen LogP contribution in [0.3, 0.4) is 0 Å². The van der Waals surface area contributed by atoms with Crippen LogP contribution in [0.15, 0.2) is 23.1 Å². The summed E-state index contributed by atoms with van der Waals surface area (Å²) in [5.74, 6) is 1.04. The number of rotatable bonds is 2. The highest BCUT2D eigenvalue weighted by molar-refractivity contribution is 7.99. The van der Waals surface area contributed by atoms with Crippen molar-refractivity contribution in [3.8, 4) is 0 Å². The molecule has 2 saturated heterocycles. The summed E-state index contributed by atoms with van der Waals surface area (Å²) in [6.07, 6.45) is 1.73. The topological polar surface area (TPSA) is 69.4 Å². The molecule has 7 heteroatoms. The lowest BCUT2D eigenvalue weighted by atomic mass is 9.93. The molecule has 116 valence electrons. The molecule has 2 fully saturated rings. The predicted octanol–water partition coefficient (Wildman–Crippen LogP) is 2.24. The molecule has 2 heterocycles. The van der Waals surface area contributed by atoms with Gasteiger partial charge in [-0.2, -0.15) is 11.8 Å². The molecule has 2 atom stereocenters. The minimum Gasteiger partial charge on any atom is -0.399 e. The lowest BCUT2D eigenvalue weighted by Gasteiger charge is -2.37. The second-order valence-corrected chi connectivity index (χ2v) is 8.99. The van der Waals surface area contributed by atoms with E-state index in [2.05, 4.69) is 0 Å². The van der Waals surface area contributed by atoms with E-state index in [0.29, 0.717) is 19.4 Å². The molecule has 0 aromatic heterocycles. The molecule has 1 aromatic rings. The Morgan fingerprint density at radius 2 is 2.24 bits per heavy atom. The number of ether oxygens (including phenoxy) is 1. The lowest BCUT2D eigenvalue weighted by molar-refractivity contribution is -0.0572. The summed E-state index contributed by atoms with van der Waals surface area (Å²) in [4.78, 5) is -0.246. The van der Waals surface area contributed by atoms with Crippen LogP contribution in [0.5, 0.6) is 0 Å². The third-order valence-electron chi connectivity index (χ3n) is 4.22. The van der Waals surface area contributed by atoms with E-state index in [9.17, 15) is 12.8 Å². The van der Waals surface area contributed by atoms with Gasteiger partial charge < -0.3 is 10.5 Å². The van der Waals surface area contributed by atoms with Gasteiger partial charge in [0, 0.05) is 18.0 Å². The summed E-state index contributed by atoms with van der Waals surface area (Å²) in [6, 6.07) is 3.76. The largest absolute Gasteiger partial charge is 0.399 e. The minimum atomic E-state index is -3.69. The van der Waals surface area contributed by atoms with Crippen LogP contribution in [0.25, 0.3) is 0 Å². The molecule has 0 radical (unpaired) electrons. The predicted molar refractivity (Wildman–Crippen MR) is 81.6 cm³/mol. The van der Waals surface area contributed by atoms with Gasteiger partial charge in [-0.05, 0) is 43.2 Å². The molecule has 2 aliphatic heterocycles. The van der Waals surface area contributed by atoms with Gasteiger partial charge in [0.15, 0.2) is 9.84 Å². The van der Waals surface area contributed by atoms with Crippen LogP contribution in [-0.4, -0.2) is 37.4 Å². The van der Waals surface area contributed by atoms with E-state index in [0.717, 1.165) is 24.0 Å². The first-order chi connectivity index (χ1) is 9.93. The fourth-order valence-electron chi connectivity index (χ4n) is 3.04. The number of nitrogens with two attached hydrogens (primary N) is 1. The van der Waals surface area contributed by atoms with Crippen molar-refractivity contribution in [3.05, 3.63) is 24.0 Å². The molecule has 1 aromatic carbocycles. The average molecular weight is 331 g/mol. The molecule has 2 aliphatic rings. The van der Waals surface area contributed by atoms with Crippen molar-refractivity contribution in [2.45, 2.75) is 35.0 Å². The number of halogens is 1. The van der Waals surface area contributed by atoms with Crippen LogP contribution in [-0.2, 0) is 14.6 Å².